The van der Waals surface area contributed by atoms with Crippen molar-refractivity contribution in [2.24, 2.45) is 0 Å². The number of halogens is 1. The maximum atomic E-state index is 13.4. The lowest BCUT2D eigenvalue weighted by Gasteiger charge is -2.21. The van der Waals surface area contributed by atoms with Gasteiger partial charge in [-0.05, 0) is 71.1 Å². The van der Waals surface area contributed by atoms with Crippen LogP contribution in [0.2, 0.25) is 0 Å². The number of hydrogen-bond donors (Lipinski definition) is 0. The normalized spacial score (nSPS) is 10.9. The van der Waals surface area contributed by atoms with E-state index in [0.717, 1.165) is 45.2 Å². The zero-order chi connectivity index (χ0) is 21.7. The molecule has 168 valence electrons. The van der Waals surface area contributed by atoms with E-state index < -0.39 is 0 Å². The molecule has 3 rings (SSSR count). The van der Waals surface area contributed by atoms with Crippen LogP contribution in [0, 0.1) is 13.8 Å². The van der Waals surface area contributed by atoms with Crippen molar-refractivity contribution in [3.63, 3.8) is 0 Å². The highest BCUT2D eigenvalue weighted by Crippen LogP contribution is 2.34. The standard InChI is InChI=1S/C24H31N3O2S.ClH/c1-6-29-20-9-7-10-21-23(20)25-24(30-21)27(14-8-13-26(4)5)22(28)16-19-15-17(2)11-12-18(19)3;/h7,9-12,15H,6,8,13-14,16H2,1-5H3;1H. The SMILES string of the molecule is CCOc1cccc2sc(N(CCCN(C)C)C(=O)Cc3cc(C)ccc3C)nc12.Cl. The summed E-state index contributed by atoms with van der Waals surface area (Å²) in [6, 6.07) is 12.2. The number of rotatable bonds is 9. The Kier molecular flexibility index (Phi) is 9.29. The predicted molar refractivity (Wildman–Crippen MR) is 133 cm³/mol. The third-order valence-electron chi connectivity index (χ3n) is 5.04. The maximum Gasteiger partial charge on any atom is 0.233 e. The van der Waals surface area contributed by atoms with Crippen molar-refractivity contribution in [2.75, 3.05) is 38.7 Å². The molecule has 1 aromatic heterocycles. The van der Waals surface area contributed by atoms with Gasteiger partial charge in [0.2, 0.25) is 5.91 Å². The average molecular weight is 462 g/mol. The van der Waals surface area contributed by atoms with E-state index in [0.29, 0.717) is 19.6 Å². The Bertz CT molecular complexity index is 1020. The second kappa shape index (κ2) is 11.5. The van der Waals surface area contributed by atoms with E-state index in [1.54, 1.807) is 11.3 Å². The number of carbonyl (C=O) groups is 1. The van der Waals surface area contributed by atoms with Crippen molar-refractivity contribution in [3.8, 4) is 5.75 Å². The molecule has 0 aliphatic carbocycles. The van der Waals surface area contributed by atoms with E-state index in [1.807, 2.05) is 44.1 Å². The zero-order valence-corrected chi connectivity index (χ0v) is 20.6. The summed E-state index contributed by atoms with van der Waals surface area (Å²) in [6.45, 7) is 8.24. The summed E-state index contributed by atoms with van der Waals surface area (Å²) in [5.74, 6) is 0.854. The van der Waals surface area contributed by atoms with Crippen LogP contribution in [0.15, 0.2) is 36.4 Å². The van der Waals surface area contributed by atoms with Gasteiger partial charge in [0.15, 0.2) is 5.13 Å². The molecule has 0 aliphatic heterocycles. The molecule has 2 aromatic carbocycles. The van der Waals surface area contributed by atoms with E-state index in [9.17, 15) is 4.79 Å². The van der Waals surface area contributed by atoms with E-state index in [2.05, 4.69) is 36.9 Å². The van der Waals surface area contributed by atoms with Crippen LogP contribution in [0.1, 0.15) is 30.0 Å². The van der Waals surface area contributed by atoms with Gasteiger partial charge in [-0.1, -0.05) is 41.2 Å². The topological polar surface area (TPSA) is 45.7 Å². The minimum absolute atomic E-state index is 0. The first-order chi connectivity index (χ1) is 14.4. The van der Waals surface area contributed by atoms with Gasteiger partial charge in [-0.15, -0.1) is 12.4 Å². The Morgan fingerprint density at radius 3 is 2.61 bits per heavy atom. The first-order valence-corrected chi connectivity index (χ1v) is 11.2. The van der Waals surface area contributed by atoms with E-state index in [-0.39, 0.29) is 18.3 Å². The van der Waals surface area contributed by atoms with Gasteiger partial charge < -0.3 is 9.64 Å². The van der Waals surface area contributed by atoms with E-state index >= 15 is 0 Å². The molecule has 7 heteroatoms. The molecule has 0 spiro atoms. The highest BCUT2D eigenvalue weighted by Gasteiger charge is 2.21. The molecule has 1 amide bonds. The van der Waals surface area contributed by atoms with Gasteiger partial charge >= 0.3 is 0 Å². The number of carbonyl (C=O) groups excluding carboxylic acids is 1. The van der Waals surface area contributed by atoms with Crippen molar-refractivity contribution in [2.45, 2.75) is 33.6 Å². The van der Waals surface area contributed by atoms with Crippen molar-refractivity contribution < 1.29 is 9.53 Å². The van der Waals surface area contributed by atoms with Gasteiger partial charge in [-0.25, -0.2) is 4.98 Å². The average Bonchev–Trinajstić information content (AvgIpc) is 3.13. The molecule has 0 fully saturated rings. The lowest BCUT2D eigenvalue weighted by atomic mass is 10.0. The highest BCUT2D eigenvalue weighted by molar-refractivity contribution is 7.22. The third-order valence-corrected chi connectivity index (χ3v) is 6.08. The third kappa shape index (κ3) is 6.42. The maximum absolute atomic E-state index is 13.4. The molecular weight excluding hydrogens is 430 g/mol. The van der Waals surface area contributed by atoms with Crippen molar-refractivity contribution in [1.82, 2.24) is 9.88 Å². The summed E-state index contributed by atoms with van der Waals surface area (Å²) in [7, 11) is 4.10. The molecule has 0 saturated heterocycles. The molecule has 0 unspecified atom stereocenters. The first-order valence-electron chi connectivity index (χ1n) is 10.4. The van der Waals surface area contributed by atoms with Gasteiger partial charge in [-0.2, -0.15) is 0 Å². The van der Waals surface area contributed by atoms with Gasteiger partial charge in [-0.3, -0.25) is 9.69 Å². The lowest BCUT2D eigenvalue weighted by Crippen LogP contribution is -2.34. The van der Waals surface area contributed by atoms with Crippen LogP contribution in [-0.4, -0.2) is 49.6 Å². The lowest BCUT2D eigenvalue weighted by molar-refractivity contribution is -0.118. The Morgan fingerprint density at radius 1 is 1.13 bits per heavy atom. The van der Waals surface area contributed by atoms with Crippen LogP contribution in [0.5, 0.6) is 5.75 Å². The fourth-order valence-corrected chi connectivity index (χ4v) is 4.45. The second-order valence-electron chi connectivity index (χ2n) is 7.84. The van der Waals surface area contributed by atoms with Crippen LogP contribution in [0.4, 0.5) is 5.13 Å². The molecule has 31 heavy (non-hydrogen) atoms. The number of ether oxygens (including phenoxy) is 1. The molecule has 0 N–H and O–H groups in total. The smallest absolute Gasteiger partial charge is 0.233 e. The number of thiazole rings is 1. The number of fused-ring (bicyclic) bond motifs is 1. The summed E-state index contributed by atoms with van der Waals surface area (Å²) < 4.78 is 6.78. The van der Waals surface area contributed by atoms with Crippen LogP contribution in [-0.2, 0) is 11.2 Å². The quantitative estimate of drug-likeness (QED) is 0.436. The molecule has 0 bridgehead atoms. The minimum Gasteiger partial charge on any atom is -0.492 e. The Labute approximate surface area is 195 Å². The van der Waals surface area contributed by atoms with E-state index in [4.69, 9.17) is 9.72 Å². The summed E-state index contributed by atoms with van der Waals surface area (Å²) in [5.41, 5.74) is 4.22. The van der Waals surface area contributed by atoms with Gasteiger partial charge in [0.25, 0.3) is 0 Å². The Balaban J connectivity index is 0.00000341. The summed E-state index contributed by atoms with van der Waals surface area (Å²) in [4.78, 5) is 22.2. The number of aryl methyl sites for hydroxylation is 2. The molecule has 1 heterocycles. The second-order valence-corrected chi connectivity index (χ2v) is 8.85. The number of para-hydroxylation sites is 1. The summed E-state index contributed by atoms with van der Waals surface area (Å²) in [5, 5.41) is 0.742. The number of aromatic nitrogens is 1. The molecule has 3 aromatic rings. The highest BCUT2D eigenvalue weighted by atomic mass is 35.5. The van der Waals surface area contributed by atoms with Gasteiger partial charge in [0.05, 0.1) is 17.7 Å². The van der Waals surface area contributed by atoms with Crippen LogP contribution in [0.3, 0.4) is 0 Å². The summed E-state index contributed by atoms with van der Waals surface area (Å²) in [6.07, 6.45) is 1.27. The van der Waals surface area contributed by atoms with Crippen molar-refractivity contribution in [3.05, 3.63) is 53.1 Å². The molecule has 0 atom stereocenters. The summed E-state index contributed by atoms with van der Waals surface area (Å²) >= 11 is 1.55. The largest absolute Gasteiger partial charge is 0.492 e. The van der Waals surface area contributed by atoms with Crippen LogP contribution in [0.25, 0.3) is 10.2 Å². The zero-order valence-electron chi connectivity index (χ0n) is 19.0. The predicted octanol–water partition coefficient (Wildman–Crippen LogP) is 5.26. The fraction of sp³-hybridized carbons (Fsp3) is 0.417. The number of hydrogen-bond acceptors (Lipinski definition) is 5. The Hall–Kier alpha value is -2.15. The van der Waals surface area contributed by atoms with Crippen LogP contribution < -0.4 is 9.64 Å². The van der Waals surface area contributed by atoms with E-state index in [1.165, 1.54) is 5.56 Å². The molecule has 0 aliphatic rings. The van der Waals surface area contributed by atoms with Crippen molar-refractivity contribution >= 4 is 45.0 Å². The fourth-order valence-electron chi connectivity index (χ4n) is 3.42. The number of anilines is 1. The van der Waals surface area contributed by atoms with Crippen LogP contribution >= 0.6 is 23.7 Å². The molecule has 0 saturated carbocycles. The molecular formula is C24H32ClN3O2S. The number of benzene rings is 2. The minimum atomic E-state index is 0. The number of amides is 1. The molecule has 0 radical (unpaired) electrons. The number of nitrogens with zero attached hydrogens (tertiary/aromatic N) is 3. The van der Waals surface area contributed by atoms with Crippen molar-refractivity contribution in [1.29, 1.82) is 0 Å². The monoisotopic (exact) mass is 461 g/mol. The molecule has 5 nitrogen and oxygen atoms in total. The Morgan fingerprint density at radius 2 is 1.90 bits per heavy atom. The van der Waals surface area contributed by atoms with Gasteiger partial charge in [0, 0.05) is 6.54 Å². The first kappa shape index (κ1) is 25.1. The van der Waals surface area contributed by atoms with Gasteiger partial charge in [0.1, 0.15) is 11.3 Å².